The van der Waals surface area contributed by atoms with Gasteiger partial charge in [0.2, 0.25) is 0 Å². The molecule has 2 rings (SSSR count). The maximum absolute atomic E-state index is 11.5. The number of hydrogen-bond donors (Lipinski definition) is 0. The monoisotopic (exact) mass is 320 g/mol. The fourth-order valence-corrected chi connectivity index (χ4v) is 3.93. The van der Waals surface area contributed by atoms with Gasteiger partial charge in [0.1, 0.15) is 6.10 Å². The molecule has 0 saturated heterocycles. The molecule has 0 radical (unpaired) electrons. The van der Waals surface area contributed by atoms with Crippen LogP contribution in [0.15, 0.2) is 23.3 Å². The smallest absolute Gasteiger partial charge is 0.303 e. The van der Waals surface area contributed by atoms with E-state index in [0.717, 1.165) is 24.8 Å². The maximum atomic E-state index is 11.5. The van der Waals surface area contributed by atoms with Gasteiger partial charge in [-0.2, -0.15) is 0 Å². The van der Waals surface area contributed by atoms with Crippen molar-refractivity contribution in [1.82, 2.24) is 0 Å². The Balaban J connectivity index is 2.42. The van der Waals surface area contributed by atoms with Gasteiger partial charge in [-0.1, -0.05) is 31.6 Å². The molecule has 0 aliphatic heterocycles. The van der Waals surface area contributed by atoms with Gasteiger partial charge in [0.25, 0.3) is 0 Å². The molecule has 128 valence electrons. The van der Waals surface area contributed by atoms with Crippen LogP contribution in [0.5, 0.6) is 0 Å². The summed E-state index contributed by atoms with van der Waals surface area (Å²) < 4.78 is 11.0. The van der Waals surface area contributed by atoms with Crippen molar-refractivity contribution in [3.8, 4) is 0 Å². The fourth-order valence-electron chi connectivity index (χ4n) is 3.93. The van der Waals surface area contributed by atoms with Gasteiger partial charge in [0.15, 0.2) is 6.10 Å². The molecule has 4 atom stereocenters. The summed E-state index contributed by atoms with van der Waals surface area (Å²) in [4.78, 5) is 23.0. The highest BCUT2D eigenvalue weighted by atomic mass is 16.6. The normalized spacial score (nSPS) is 36.5. The summed E-state index contributed by atoms with van der Waals surface area (Å²) in [6.07, 6.45) is 7.45. The molecule has 4 heteroatoms. The minimum Gasteiger partial charge on any atom is -0.458 e. The molecule has 0 amide bonds. The van der Waals surface area contributed by atoms with Gasteiger partial charge in [-0.3, -0.25) is 9.59 Å². The van der Waals surface area contributed by atoms with Crippen molar-refractivity contribution in [2.75, 3.05) is 0 Å². The number of hydrogen-bond acceptors (Lipinski definition) is 4. The standard InChI is InChI=1S/C19H28O4/c1-12-11-19(5)13(2)7-6-8-16(19)9-10-17(22-14(3)20)18(12)23-15(4)21/h8,11,13,17-18H,6-7,9-10H2,1-5H3/b12-11+/t13-,17-,18+,19+/m0/s1. The SMILES string of the molecule is CC(=O)O[C@H]1CCC2=CCC[C@H](C)[C@@]2(C)/C=C(\C)[C@H]1OC(C)=O. The van der Waals surface area contributed by atoms with Gasteiger partial charge in [0, 0.05) is 19.3 Å². The Hall–Kier alpha value is -1.58. The minimum atomic E-state index is -0.496. The average Bonchev–Trinajstić information content (AvgIpc) is 2.43. The second-order valence-electron chi connectivity index (χ2n) is 7.10. The van der Waals surface area contributed by atoms with E-state index in [1.807, 2.05) is 6.92 Å². The highest BCUT2D eigenvalue weighted by molar-refractivity contribution is 5.67. The van der Waals surface area contributed by atoms with Gasteiger partial charge >= 0.3 is 11.9 Å². The van der Waals surface area contributed by atoms with Gasteiger partial charge in [-0.15, -0.1) is 0 Å². The Morgan fingerprint density at radius 3 is 2.43 bits per heavy atom. The van der Waals surface area contributed by atoms with Crippen molar-refractivity contribution in [3.63, 3.8) is 0 Å². The van der Waals surface area contributed by atoms with E-state index in [1.54, 1.807) is 0 Å². The first kappa shape index (κ1) is 17.8. The Morgan fingerprint density at radius 2 is 1.83 bits per heavy atom. The fraction of sp³-hybridized carbons (Fsp3) is 0.684. The predicted molar refractivity (Wildman–Crippen MR) is 88.7 cm³/mol. The van der Waals surface area contributed by atoms with Crippen LogP contribution in [-0.2, 0) is 19.1 Å². The van der Waals surface area contributed by atoms with Crippen molar-refractivity contribution in [1.29, 1.82) is 0 Å². The summed E-state index contributed by atoms with van der Waals surface area (Å²) in [5, 5.41) is 0. The van der Waals surface area contributed by atoms with E-state index in [4.69, 9.17) is 9.47 Å². The van der Waals surface area contributed by atoms with E-state index >= 15 is 0 Å². The molecule has 0 aromatic heterocycles. The van der Waals surface area contributed by atoms with Crippen LogP contribution in [0.25, 0.3) is 0 Å². The van der Waals surface area contributed by atoms with Crippen molar-refractivity contribution in [2.24, 2.45) is 11.3 Å². The van der Waals surface area contributed by atoms with E-state index in [1.165, 1.54) is 19.4 Å². The van der Waals surface area contributed by atoms with Gasteiger partial charge in [0.05, 0.1) is 0 Å². The molecule has 2 aliphatic carbocycles. The first-order valence-electron chi connectivity index (χ1n) is 8.47. The average molecular weight is 320 g/mol. The van der Waals surface area contributed by atoms with Crippen molar-refractivity contribution in [2.45, 2.75) is 72.5 Å². The lowest BCUT2D eigenvalue weighted by atomic mass is 9.64. The topological polar surface area (TPSA) is 52.6 Å². The molecular weight excluding hydrogens is 292 g/mol. The van der Waals surface area contributed by atoms with E-state index < -0.39 is 12.2 Å². The van der Waals surface area contributed by atoms with Crippen LogP contribution in [0.3, 0.4) is 0 Å². The third kappa shape index (κ3) is 3.85. The first-order valence-corrected chi connectivity index (χ1v) is 8.47. The Labute approximate surface area is 138 Å². The third-order valence-corrected chi connectivity index (χ3v) is 5.33. The van der Waals surface area contributed by atoms with Crippen LogP contribution in [0.4, 0.5) is 0 Å². The van der Waals surface area contributed by atoms with E-state index in [-0.39, 0.29) is 17.4 Å². The summed E-state index contributed by atoms with van der Waals surface area (Å²) in [5.74, 6) is -0.145. The summed E-state index contributed by atoms with van der Waals surface area (Å²) in [7, 11) is 0. The number of ether oxygens (including phenoxy) is 2. The van der Waals surface area contributed by atoms with E-state index in [9.17, 15) is 9.59 Å². The molecular formula is C19H28O4. The highest BCUT2D eigenvalue weighted by Gasteiger charge is 2.40. The van der Waals surface area contributed by atoms with Crippen LogP contribution in [0.1, 0.15) is 60.3 Å². The molecule has 23 heavy (non-hydrogen) atoms. The van der Waals surface area contributed by atoms with Crippen LogP contribution < -0.4 is 0 Å². The summed E-state index contributed by atoms with van der Waals surface area (Å²) >= 11 is 0. The second-order valence-corrected chi connectivity index (χ2v) is 7.10. The molecule has 0 bridgehead atoms. The molecule has 0 saturated carbocycles. The van der Waals surface area contributed by atoms with Crippen molar-refractivity contribution in [3.05, 3.63) is 23.3 Å². The quantitative estimate of drug-likeness (QED) is 0.571. The Bertz CT molecular complexity index is 546. The van der Waals surface area contributed by atoms with Crippen LogP contribution in [-0.4, -0.2) is 24.1 Å². The van der Waals surface area contributed by atoms with Crippen LogP contribution in [0, 0.1) is 11.3 Å². The second kappa shape index (κ2) is 6.90. The van der Waals surface area contributed by atoms with Gasteiger partial charge in [-0.05, 0) is 44.1 Å². The van der Waals surface area contributed by atoms with Gasteiger partial charge < -0.3 is 9.47 Å². The number of allylic oxidation sites excluding steroid dienone is 3. The lowest BCUT2D eigenvalue weighted by Crippen LogP contribution is -2.39. The molecule has 0 N–H and O–H groups in total. The number of carbonyl (C=O) groups is 2. The Kier molecular flexibility index (Phi) is 5.33. The lowest BCUT2D eigenvalue weighted by Gasteiger charge is -2.42. The van der Waals surface area contributed by atoms with Gasteiger partial charge in [-0.25, -0.2) is 0 Å². The maximum Gasteiger partial charge on any atom is 0.303 e. The lowest BCUT2D eigenvalue weighted by molar-refractivity contribution is -0.163. The minimum absolute atomic E-state index is 0.0120. The summed E-state index contributed by atoms with van der Waals surface area (Å²) in [6.45, 7) is 9.31. The highest BCUT2D eigenvalue weighted by Crippen LogP contribution is 2.47. The van der Waals surface area contributed by atoms with E-state index in [0.29, 0.717) is 12.3 Å². The van der Waals surface area contributed by atoms with E-state index in [2.05, 4.69) is 26.0 Å². The van der Waals surface area contributed by atoms with Crippen molar-refractivity contribution < 1.29 is 19.1 Å². The predicted octanol–water partition coefficient (Wildman–Crippen LogP) is 3.95. The number of fused-ring (bicyclic) bond motifs is 1. The molecule has 0 spiro atoms. The van der Waals surface area contributed by atoms with Crippen molar-refractivity contribution >= 4 is 11.9 Å². The zero-order chi connectivity index (χ0) is 17.2. The number of esters is 2. The zero-order valence-corrected chi connectivity index (χ0v) is 14.8. The molecule has 2 aliphatic rings. The van der Waals surface area contributed by atoms with Crippen LogP contribution >= 0.6 is 0 Å². The summed E-state index contributed by atoms with van der Waals surface area (Å²) in [5.41, 5.74) is 2.37. The Morgan fingerprint density at radius 1 is 1.17 bits per heavy atom. The molecule has 0 aromatic rings. The molecule has 0 heterocycles. The largest absolute Gasteiger partial charge is 0.458 e. The number of carbonyl (C=O) groups excluding carboxylic acids is 2. The summed E-state index contributed by atoms with van der Waals surface area (Å²) in [6, 6.07) is 0. The molecule has 0 unspecified atom stereocenters. The molecule has 0 fully saturated rings. The molecule has 4 nitrogen and oxygen atoms in total. The third-order valence-electron chi connectivity index (χ3n) is 5.33. The van der Waals surface area contributed by atoms with Crippen LogP contribution in [0.2, 0.25) is 0 Å². The zero-order valence-electron chi connectivity index (χ0n) is 14.8. The number of rotatable bonds is 2. The molecule has 0 aromatic carbocycles. The first-order chi connectivity index (χ1) is 10.7.